The van der Waals surface area contributed by atoms with Crippen LogP contribution in [0.5, 0.6) is 11.5 Å². The molecule has 0 aliphatic carbocycles. The Morgan fingerprint density at radius 1 is 1.10 bits per heavy atom. The van der Waals surface area contributed by atoms with Gasteiger partial charge in [0.05, 0.1) is 6.61 Å². The van der Waals surface area contributed by atoms with Crippen LogP contribution in [0.3, 0.4) is 0 Å². The Hall–Kier alpha value is -1.81. The van der Waals surface area contributed by atoms with E-state index in [0.29, 0.717) is 10.6 Å². The van der Waals surface area contributed by atoms with Crippen LogP contribution in [0.2, 0.25) is 0 Å². The highest BCUT2D eigenvalue weighted by atomic mass is 32.1. The molecule has 20 heavy (non-hydrogen) atoms. The molecule has 3 nitrogen and oxygen atoms in total. The molecule has 106 valence electrons. The Bertz CT molecular complexity index is 517. The number of carbonyl (C=O) groups is 1. The Kier molecular flexibility index (Phi) is 5.62. The number of carbonyl (C=O) groups excluding carboxylic acids is 1. The Morgan fingerprint density at radius 3 is 2.50 bits per heavy atom. The first kappa shape index (κ1) is 14.6. The van der Waals surface area contributed by atoms with Crippen LogP contribution in [0.15, 0.2) is 41.8 Å². The maximum atomic E-state index is 11.8. The Morgan fingerprint density at radius 2 is 1.85 bits per heavy atom. The maximum Gasteiger partial charge on any atom is 0.353 e. The van der Waals surface area contributed by atoms with Crippen molar-refractivity contribution in [2.75, 3.05) is 6.61 Å². The van der Waals surface area contributed by atoms with Gasteiger partial charge in [0.25, 0.3) is 0 Å². The van der Waals surface area contributed by atoms with Gasteiger partial charge in [0.1, 0.15) is 16.4 Å². The van der Waals surface area contributed by atoms with Crippen molar-refractivity contribution in [2.24, 2.45) is 0 Å². The smallest absolute Gasteiger partial charge is 0.353 e. The lowest BCUT2D eigenvalue weighted by Gasteiger charge is -2.07. The molecule has 0 spiro atoms. The van der Waals surface area contributed by atoms with Crippen LogP contribution >= 0.6 is 11.3 Å². The third-order valence-electron chi connectivity index (χ3n) is 2.77. The van der Waals surface area contributed by atoms with Crippen molar-refractivity contribution in [3.8, 4) is 11.5 Å². The van der Waals surface area contributed by atoms with Gasteiger partial charge in [0.2, 0.25) is 0 Å². The summed E-state index contributed by atoms with van der Waals surface area (Å²) in [5.41, 5.74) is 0. The monoisotopic (exact) mass is 290 g/mol. The van der Waals surface area contributed by atoms with E-state index < -0.39 is 0 Å². The van der Waals surface area contributed by atoms with E-state index >= 15 is 0 Å². The summed E-state index contributed by atoms with van der Waals surface area (Å²) >= 11 is 1.37. The van der Waals surface area contributed by atoms with Gasteiger partial charge in [-0.25, -0.2) is 4.79 Å². The molecule has 0 fully saturated rings. The van der Waals surface area contributed by atoms with Crippen LogP contribution < -0.4 is 9.47 Å². The average Bonchev–Trinajstić information content (AvgIpc) is 3.00. The van der Waals surface area contributed by atoms with Crippen molar-refractivity contribution >= 4 is 17.3 Å². The fraction of sp³-hybridized carbons (Fsp3) is 0.312. The molecule has 1 heterocycles. The molecule has 0 saturated heterocycles. The van der Waals surface area contributed by atoms with E-state index in [4.69, 9.17) is 9.47 Å². The highest BCUT2D eigenvalue weighted by Crippen LogP contribution is 2.20. The van der Waals surface area contributed by atoms with E-state index in [1.54, 1.807) is 18.2 Å². The first-order chi connectivity index (χ1) is 9.79. The third kappa shape index (κ3) is 4.38. The van der Waals surface area contributed by atoms with Crippen LogP contribution in [-0.2, 0) is 0 Å². The van der Waals surface area contributed by atoms with E-state index in [1.165, 1.54) is 24.2 Å². The minimum absolute atomic E-state index is 0.323. The number of benzene rings is 1. The fourth-order valence-electron chi connectivity index (χ4n) is 1.70. The minimum Gasteiger partial charge on any atom is -0.494 e. The summed E-state index contributed by atoms with van der Waals surface area (Å²) in [6.07, 6.45) is 3.42. The quantitative estimate of drug-likeness (QED) is 0.427. The normalized spacial score (nSPS) is 10.2. The standard InChI is InChI=1S/C16H18O3S/c1-2-3-4-11-18-13-7-9-14(10-8-13)19-16(17)15-6-5-12-20-15/h5-10,12H,2-4,11H2,1H3. The van der Waals surface area contributed by atoms with Crippen molar-refractivity contribution < 1.29 is 14.3 Å². The molecule has 0 aliphatic heterocycles. The van der Waals surface area contributed by atoms with Gasteiger partial charge in [-0.2, -0.15) is 0 Å². The molecule has 2 rings (SSSR count). The summed E-state index contributed by atoms with van der Waals surface area (Å²) in [6.45, 7) is 2.89. The summed E-state index contributed by atoms with van der Waals surface area (Å²) in [6, 6.07) is 10.7. The van der Waals surface area contributed by atoms with Gasteiger partial charge in [-0.3, -0.25) is 0 Å². The zero-order chi connectivity index (χ0) is 14.2. The second kappa shape index (κ2) is 7.70. The zero-order valence-corrected chi connectivity index (χ0v) is 12.3. The lowest BCUT2D eigenvalue weighted by molar-refractivity contribution is 0.0739. The van der Waals surface area contributed by atoms with E-state index in [1.807, 2.05) is 23.6 Å². The average molecular weight is 290 g/mol. The van der Waals surface area contributed by atoms with E-state index in [9.17, 15) is 4.79 Å². The molecule has 4 heteroatoms. The molecule has 1 aromatic carbocycles. The van der Waals surface area contributed by atoms with E-state index in [-0.39, 0.29) is 5.97 Å². The van der Waals surface area contributed by atoms with Gasteiger partial charge in [0, 0.05) is 0 Å². The molecule has 2 aromatic rings. The minimum atomic E-state index is -0.323. The highest BCUT2D eigenvalue weighted by molar-refractivity contribution is 7.12. The Labute approximate surface area is 123 Å². The summed E-state index contributed by atoms with van der Waals surface area (Å²) in [4.78, 5) is 12.4. The topological polar surface area (TPSA) is 35.5 Å². The van der Waals surface area contributed by atoms with Crippen molar-refractivity contribution in [1.29, 1.82) is 0 Å². The summed E-state index contributed by atoms with van der Waals surface area (Å²) in [5, 5.41) is 1.85. The third-order valence-corrected chi connectivity index (χ3v) is 3.62. The summed E-state index contributed by atoms with van der Waals surface area (Å²) in [7, 11) is 0. The van der Waals surface area contributed by atoms with Gasteiger partial charge in [-0.05, 0) is 42.1 Å². The number of rotatable bonds is 7. The predicted molar refractivity (Wildman–Crippen MR) is 80.7 cm³/mol. The first-order valence-corrected chi connectivity index (χ1v) is 7.66. The molecule has 0 radical (unpaired) electrons. The molecule has 0 unspecified atom stereocenters. The first-order valence-electron chi connectivity index (χ1n) is 6.78. The van der Waals surface area contributed by atoms with Crippen molar-refractivity contribution in [3.05, 3.63) is 46.7 Å². The molecule has 0 bridgehead atoms. The molecule has 0 amide bonds. The highest BCUT2D eigenvalue weighted by Gasteiger charge is 2.09. The Balaban J connectivity index is 1.83. The number of ether oxygens (including phenoxy) is 2. The molecule has 0 aliphatic rings. The number of thiophene rings is 1. The van der Waals surface area contributed by atoms with Crippen LogP contribution in [0.4, 0.5) is 0 Å². The van der Waals surface area contributed by atoms with Crippen molar-refractivity contribution in [2.45, 2.75) is 26.2 Å². The molecule has 1 aromatic heterocycles. The second-order valence-electron chi connectivity index (χ2n) is 4.39. The van der Waals surface area contributed by atoms with Crippen LogP contribution in [0.1, 0.15) is 35.9 Å². The van der Waals surface area contributed by atoms with Gasteiger partial charge in [0.15, 0.2) is 0 Å². The molecule has 0 atom stereocenters. The van der Waals surface area contributed by atoms with Crippen LogP contribution in [-0.4, -0.2) is 12.6 Å². The predicted octanol–water partition coefficient (Wildman–Crippen LogP) is 4.54. The lowest BCUT2D eigenvalue weighted by Crippen LogP contribution is -2.06. The van der Waals surface area contributed by atoms with Crippen LogP contribution in [0.25, 0.3) is 0 Å². The second-order valence-corrected chi connectivity index (χ2v) is 5.34. The number of hydrogen-bond acceptors (Lipinski definition) is 4. The molecule has 0 N–H and O–H groups in total. The fourth-order valence-corrected chi connectivity index (χ4v) is 2.30. The largest absolute Gasteiger partial charge is 0.494 e. The molecular weight excluding hydrogens is 272 g/mol. The SMILES string of the molecule is CCCCCOc1ccc(OC(=O)c2cccs2)cc1. The molecule has 0 saturated carbocycles. The van der Waals surface area contributed by atoms with Gasteiger partial charge >= 0.3 is 5.97 Å². The summed E-state index contributed by atoms with van der Waals surface area (Å²) < 4.78 is 10.9. The zero-order valence-electron chi connectivity index (χ0n) is 11.5. The van der Waals surface area contributed by atoms with Crippen molar-refractivity contribution in [3.63, 3.8) is 0 Å². The molecular formula is C16H18O3S. The van der Waals surface area contributed by atoms with Gasteiger partial charge in [-0.15, -0.1) is 11.3 Å². The number of hydrogen-bond donors (Lipinski definition) is 0. The summed E-state index contributed by atoms with van der Waals surface area (Å²) in [5.74, 6) is 1.01. The van der Waals surface area contributed by atoms with E-state index in [2.05, 4.69) is 6.92 Å². The van der Waals surface area contributed by atoms with Gasteiger partial charge < -0.3 is 9.47 Å². The van der Waals surface area contributed by atoms with E-state index in [0.717, 1.165) is 18.8 Å². The van der Waals surface area contributed by atoms with Crippen molar-refractivity contribution in [1.82, 2.24) is 0 Å². The maximum absolute atomic E-state index is 11.8. The lowest BCUT2D eigenvalue weighted by atomic mass is 10.3. The van der Waals surface area contributed by atoms with Gasteiger partial charge in [-0.1, -0.05) is 25.8 Å². The van der Waals surface area contributed by atoms with Crippen LogP contribution in [0, 0.1) is 0 Å². The number of unbranched alkanes of at least 4 members (excludes halogenated alkanes) is 2. The number of esters is 1.